The zero-order valence-corrected chi connectivity index (χ0v) is 18.7. The number of phenolic OH excluding ortho intramolecular Hbond substituents is 1. The molecule has 2 aliphatic heterocycles. The average molecular weight is 464 g/mol. The molecule has 0 bridgehead atoms. The van der Waals surface area contributed by atoms with E-state index in [1.165, 1.54) is 12.1 Å². The number of aliphatic carboxylic acids is 1. The van der Waals surface area contributed by atoms with Crippen molar-refractivity contribution >= 4 is 17.8 Å². The molecule has 0 radical (unpaired) electrons. The first-order valence-electron chi connectivity index (χ1n) is 11.4. The Bertz CT molecular complexity index is 788. The van der Waals surface area contributed by atoms with Crippen LogP contribution >= 0.6 is 0 Å². The predicted molar refractivity (Wildman–Crippen MR) is 119 cm³/mol. The van der Waals surface area contributed by atoms with E-state index in [4.69, 9.17) is 14.6 Å². The quantitative estimate of drug-likeness (QED) is 0.400. The van der Waals surface area contributed by atoms with Gasteiger partial charge >= 0.3 is 5.97 Å². The SMILES string of the molecule is O=C(O)COC1CCN(C(=O)C[C@H](NC(=O)COC2CCNCC2)c2ccc(O)cc2)CC1. The van der Waals surface area contributed by atoms with Crippen LogP contribution in [0.5, 0.6) is 5.75 Å². The van der Waals surface area contributed by atoms with Crippen LogP contribution in [0, 0.1) is 0 Å². The van der Waals surface area contributed by atoms with Crippen LogP contribution in [0.2, 0.25) is 0 Å². The first-order chi connectivity index (χ1) is 15.9. The highest BCUT2D eigenvalue weighted by atomic mass is 16.5. The Hall–Kier alpha value is -2.69. The molecule has 2 aliphatic rings. The first kappa shape index (κ1) is 24.9. The van der Waals surface area contributed by atoms with E-state index < -0.39 is 12.0 Å². The van der Waals surface area contributed by atoms with Crippen LogP contribution < -0.4 is 10.6 Å². The fourth-order valence-corrected chi connectivity index (χ4v) is 4.12. The number of carbonyl (C=O) groups excluding carboxylic acids is 2. The van der Waals surface area contributed by atoms with Gasteiger partial charge in [-0.2, -0.15) is 0 Å². The van der Waals surface area contributed by atoms with Crippen molar-refractivity contribution in [1.82, 2.24) is 15.5 Å². The average Bonchev–Trinajstić information content (AvgIpc) is 2.82. The van der Waals surface area contributed by atoms with E-state index in [1.54, 1.807) is 17.0 Å². The van der Waals surface area contributed by atoms with E-state index in [1.807, 2.05) is 0 Å². The fraction of sp³-hybridized carbons (Fsp3) is 0.609. The molecule has 0 saturated carbocycles. The molecule has 1 aromatic rings. The topological polar surface area (TPSA) is 137 Å². The molecule has 0 spiro atoms. The largest absolute Gasteiger partial charge is 0.508 e. The summed E-state index contributed by atoms with van der Waals surface area (Å²) in [4.78, 5) is 37.9. The molecule has 0 unspecified atom stereocenters. The van der Waals surface area contributed by atoms with Gasteiger partial charge in [0.1, 0.15) is 19.0 Å². The van der Waals surface area contributed by atoms with Crippen LogP contribution in [-0.4, -0.2) is 84.5 Å². The molecule has 2 amide bonds. The number of carboxylic acid groups (broad SMARTS) is 1. The summed E-state index contributed by atoms with van der Waals surface area (Å²) in [7, 11) is 0. The van der Waals surface area contributed by atoms with Gasteiger partial charge in [0.15, 0.2) is 0 Å². The highest BCUT2D eigenvalue weighted by Crippen LogP contribution is 2.23. The summed E-state index contributed by atoms with van der Waals surface area (Å²) in [6.07, 6.45) is 2.81. The molecule has 10 heteroatoms. The summed E-state index contributed by atoms with van der Waals surface area (Å²) < 4.78 is 11.1. The van der Waals surface area contributed by atoms with Crippen LogP contribution in [-0.2, 0) is 23.9 Å². The summed E-state index contributed by atoms with van der Waals surface area (Å²) in [5.41, 5.74) is 0.719. The molecule has 3 rings (SSSR count). The third-order valence-electron chi connectivity index (χ3n) is 5.98. The molecule has 2 fully saturated rings. The molecular weight excluding hydrogens is 430 g/mol. The zero-order valence-electron chi connectivity index (χ0n) is 18.7. The zero-order chi connectivity index (χ0) is 23.6. The molecule has 2 saturated heterocycles. The lowest BCUT2D eigenvalue weighted by Crippen LogP contribution is -2.43. The third kappa shape index (κ3) is 8.30. The number of aromatic hydroxyl groups is 1. The Morgan fingerprint density at radius 1 is 1.00 bits per heavy atom. The number of carboxylic acids is 1. The third-order valence-corrected chi connectivity index (χ3v) is 5.98. The molecule has 0 aromatic heterocycles. The Balaban J connectivity index is 1.54. The Kier molecular flexibility index (Phi) is 9.47. The predicted octanol–water partition coefficient (Wildman–Crippen LogP) is 0.800. The molecular formula is C23H33N3O7. The van der Waals surface area contributed by atoms with Crippen molar-refractivity contribution in [3.8, 4) is 5.75 Å². The van der Waals surface area contributed by atoms with Crippen molar-refractivity contribution in [2.45, 2.75) is 50.4 Å². The second-order valence-electron chi connectivity index (χ2n) is 8.46. The van der Waals surface area contributed by atoms with Crippen molar-refractivity contribution in [1.29, 1.82) is 0 Å². The molecule has 4 N–H and O–H groups in total. The monoisotopic (exact) mass is 463 g/mol. The number of rotatable bonds is 10. The minimum Gasteiger partial charge on any atom is -0.508 e. The maximum atomic E-state index is 13.0. The standard InChI is InChI=1S/C23H33N3O7/c27-17-3-1-16(2-4-17)20(25-21(28)14-32-18-5-9-24-10-6-18)13-22(29)26-11-7-19(8-12-26)33-15-23(30)31/h1-4,18-20,24,27H,5-15H2,(H,25,28)(H,30,31)/t20-/m0/s1. The first-order valence-corrected chi connectivity index (χ1v) is 11.4. The number of hydrogen-bond acceptors (Lipinski definition) is 7. The van der Waals surface area contributed by atoms with E-state index in [-0.39, 0.29) is 49.4 Å². The lowest BCUT2D eigenvalue weighted by molar-refractivity contribution is -0.147. The van der Waals surface area contributed by atoms with Gasteiger partial charge in [0.05, 0.1) is 24.7 Å². The Labute approximate surface area is 193 Å². The minimum absolute atomic E-state index is 0.0513. The molecule has 1 atom stereocenters. The van der Waals surface area contributed by atoms with Crippen LogP contribution in [0.4, 0.5) is 0 Å². The van der Waals surface area contributed by atoms with E-state index in [2.05, 4.69) is 10.6 Å². The molecule has 2 heterocycles. The van der Waals surface area contributed by atoms with E-state index >= 15 is 0 Å². The van der Waals surface area contributed by atoms with Gasteiger partial charge in [0, 0.05) is 13.1 Å². The van der Waals surface area contributed by atoms with Crippen molar-refractivity contribution in [2.75, 3.05) is 39.4 Å². The van der Waals surface area contributed by atoms with Gasteiger partial charge in [-0.3, -0.25) is 9.59 Å². The number of amides is 2. The van der Waals surface area contributed by atoms with Gasteiger partial charge in [-0.05, 0) is 56.5 Å². The summed E-state index contributed by atoms with van der Waals surface area (Å²) in [5.74, 6) is -1.30. The summed E-state index contributed by atoms with van der Waals surface area (Å²) in [5, 5.41) is 24.5. The normalized spacial score (nSPS) is 18.6. The number of carbonyl (C=O) groups is 3. The second-order valence-corrected chi connectivity index (χ2v) is 8.46. The van der Waals surface area contributed by atoms with Gasteiger partial charge in [0.2, 0.25) is 11.8 Å². The van der Waals surface area contributed by atoms with Gasteiger partial charge in [0.25, 0.3) is 0 Å². The van der Waals surface area contributed by atoms with Gasteiger partial charge in [-0.15, -0.1) is 0 Å². The lowest BCUT2D eigenvalue weighted by Gasteiger charge is -2.33. The van der Waals surface area contributed by atoms with Crippen LogP contribution in [0.3, 0.4) is 0 Å². The van der Waals surface area contributed by atoms with Crippen molar-refractivity contribution < 1.29 is 34.1 Å². The number of hydrogen-bond donors (Lipinski definition) is 4. The van der Waals surface area contributed by atoms with Crippen molar-refractivity contribution in [3.63, 3.8) is 0 Å². The fourth-order valence-electron chi connectivity index (χ4n) is 4.12. The molecule has 1 aromatic carbocycles. The number of piperidine rings is 2. The number of nitrogens with one attached hydrogen (secondary N) is 2. The van der Waals surface area contributed by atoms with E-state index in [0.29, 0.717) is 25.9 Å². The Morgan fingerprint density at radius 3 is 2.24 bits per heavy atom. The van der Waals surface area contributed by atoms with Gasteiger partial charge in [-0.1, -0.05) is 12.1 Å². The van der Waals surface area contributed by atoms with Crippen molar-refractivity contribution in [3.05, 3.63) is 29.8 Å². The Morgan fingerprint density at radius 2 is 1.61 bits per heavy atom. The maximum Gasteiger partial charge on any atom is 0.329 e. The van der Waals surface area contributed by atoms with Crippen LogP contribution in [0.25, 0.3) is 0 Å². The second kappa shape index (κ2) is 12.5. The minimum atomic E-state index is -1.01. The maximum absolute atomic E-state index is 13.0. The van der Waals surface area contributed by atoms with E-state index in [0.717, 1.165) is 31.5 Å². The van der Waals surface area contributed by atoms with Crippen molar-refractivity contribution in [2.24, 2.45) is 0 Å². The van der Waals surface area contributed by atoms with Crippen LogP contribution in [0.1, 0.15) is 43.7 Å². The highest BCUT2D eigenvalue weighted by molar-refractivity contribution is 5.81. The van der Waals surface area contributed by atoms with Gasteiger partial charge < -0.3 is 35.2 Å². The number of nitrogens with zero attached hydrogens (tertiary/aromatic N) is 1. The van der Waals surface area contributed by atoms with Crippen LogP contribution in [0.15, 0.2) is 24.3 Å². The summed E-state index contributed by atoms with van der Waals surface area (Å²) in [6.45, 7) is 2.27. The molecule has 0 aliphatic carbocycles. The number of phenols is 1. The highest BCUT2D eigenvalue weighted by Gasteiger charge is 2.27. The lowest BCUT2D eigenvalue weighted by atomic mass is 10.0. The molecule has 10 nitrogen and oxygen atoms in total. The summed E-state index contributed by atoms with van der Waals surface area (Å²) >= 11 is 0. The number of likely N-dealkylation sites (tertiary alicyclic amines) is 1. The number of benzene rings is 1. The number of ether oxygens (including phenoxy) is 2. The summed E-state index contributed by atoms with van der Waals surface area (Å²) in [6, 6.07) is 5.87. The molecule has 33 heavy (non-hydrogen) atoms. The molecule has 182 valence electrons. The van der Waals surface area contributed by atoms with E-state index in [9.17, 15) is 19.5 Å². The smallest absolute Gasteiger partial charge is 0.329 e. The van der Waals surface area contributed by atoms with Gasteiger partial charge in [-0.25, -0.2) is 4.79 Å².